The Hall–Kier alpha value is -2.08. The molecule has 21 heavy (non-hydrogen) atoms. The van der Waals surface area contributed by atoms with E-state index in [9.17, 15) is 4.79 Å². The number of hydrogen-bond acceptors (Lipinski definition) is 4. The lowest BCUT2D eigenvalue weighted by Gasteiger charge is -2.35. The number of para-hydroxylation sites is 1. The number of carbonyl (C=O) groups excluding carboxylic acids is 1. The number of anilines is 1. The highest BCUT2D eigenvalue weighted by Crippen LogP contribution is 2.27. The molecule has 110 valence electrons. The van der Waals surface area contributed by atoms with Gasteiger partial charge in [-0.1, -0.05) is 23.7 Å². The Bertz CT molecular complexity index is 616. The first-order valence-corrected chi connectivity index (χ1v) is 7.28. The minimum absolute atomic E-state index is 0.0826. The number of amides is 1. The molecule has 2 heterocycles. The number of carbonyl (C=O) groups is 1. The molecule has 2 N–H and O–H groups in total. The molecule has 1 amide bonds. The van der Waals surface area contributed by atoms with Gasteiger partial charge in [-0.2, -0.15) is 15.4 Å². The second kappa shape index (κ2) is 6.13. The summed E-state index contributed by atoms with van der Waals surface area (Å²) in [5.41, 5.74) is 1.32. The van der Waals surface area contributed by atoms with Crippen molar-refractivity contribution in [3.63, 3.8) is 0 Å². The van der Waals surface area contributed by atoms with Crippen LogP contribution in [0.15, 0.2) is 30.5 Å². The summed E-state index contributed by atoms with van der Waals surface area (Å²) in [7, 11) is 0. The normalized spacial score (nSPS) is 18.5. The van der Waals surface area contributed by atoms with Gasteiger partial charge in [0.15, 0.2) is 5.69 Å². The highest BCUT2D eigenvalue weighted by Gasteiger charge is 2.23. The molecule has 0 saturated carbocycles. The number of piperidine rings is 1. The van der Waals surface area contributed by atoms with E-state index in [1.165, 1.54) is 6.20 Å². The van der Waals surface area contributed by atoms with Crippen molar-refractivity contribution in [3.8, 4) is 0 Å². The van der Waals surface area contributed by atoms with Gasteiger partial charge < -0.3 is 10.2 Å². The quantitative estimate of drug-likeness (QED) is 0.907. The zero-order valence-corrected chi connectivity index (χ0v) is 12.2. The van der Waals surface area contributed by atoms with E-state index in [-0.39, 0.29) is 11.9 Å². The van der Waals surface area contributed by atoms with Gasteiger partial charge in [-0.15, -0.1) is 0 Å². The number of aromatic nitrogens is 3. The van der Waals surface area contributed by atoms with Gasteiger partial charge in [0.1, 0.15) is 0 Å². The summed E-state index contributed by atoms with van der Waals surface area (Å²) in [5.74, 6) is -0.199. The highest BCUT2D eigenvalue weighted by molar-refractivity contribution is 6.33. The van der Waals surface area contributed by atoms with E-state index in [2.05, 4.69) is 25.6 Å². The van der Waals surface area contributed by atoms with E-state index < -0.39 is 0 Å². The minimum atomic E-state index is -0.199. The third kappa shape index (κ3) is 3.16. The van der Waals surface area contributed by atoms with Crippen LogP contribution >= 0.6 is 11.6 Å². The van der Waals surface area contributed by atoms with E-state index in [1.54, 1.807) is 0 Å². The summed E-state index contributed by atoms with van der Waals surface area (Å²) in [4.78, 5) is 14.2. The van der Waals surface area contributed by atoms with Crippen molar-refractivity contribution >= 4 is 23.2 Å². The zero-order chi connectivity index (χ0) is 14.7. The zero-order valence-electron chi connectivity index (χ0n) is 11.4. The van der Waals surface area contributed by atoms with E-state index in [0.29, 0.717) is 5.69 Å². The molecule has 7 heteroatoms. The molecular formula is C14H16ClN5O. The first-order chi connectivity index (χ1) is 10.2. The van der Waals surface area contributed by atoms with Crippen molar-refractivity contribution in [3.05, 3.63) is 41.2 Å². The van der Waals surface area contributed by atoms with Gasteiger partial charge in [-0.05, 0) is 25.0 Å². The maximum absolute atomic E-state index is 12.0. The second-order valence-corrected chi connectivity index (χ2v) is 5.47. The van der Waals surface area contributed by atoms with Crippen LogP contribution in [0.1, 0.15) is 23.3 Å². The molecule has 1 aromatic heterocycles. The number of nitrogens with one attached hydrogen (secondary N) is 2. The van der Waals surface area contributed by atoms with Gasteiger partial charge in [0.25, 0.3) is 5.91 Å². The van der Waals surface area contributed by atoms with Crippen LogP contribution in [0.3, 0.4) is 0 Å². The Kier molecular flexibility index (Phi) is 4.06. The number of benzene rings is 1. The lowest BCUT2D eigenvalue weighted by molar-refractivity contribution is 0.0928. The first-order valence-electron chi connectivity index (χ1n) is 6.90. The molecule has 2 aromatic rings. The number of aromatic amines is 1. The molecule has 0 aliphatic carbocycles. The van der Waals surface area contributed by atoms with Crippen LogP contribution in [0.2, 0.25) is 5.02 Å². The molecule has 0 spiro atoms. The fourth-order valence-corrected chi connectivity index (χ4v) is 2.85. The third-order valence-electron chi connectivity index (χ3n) is 3.60. The molecule has 1 fully saturated rings. The van der Waals surface area contributed by atoms with Crippen LogP contribution < -0.4 is 10.2 Å². The standard InChI is InChI=1S/C14H16ClN5O/c15-11-5-1-2-6-13(11)20-7-3-4-10(9-20)17-14(21)12-8-16-19-18-12/h1-2,5-6,8,10H,3-4,7,9H2,(H,17,21)(H,16,18,19). The molecule has 3 rings (SSSR count). The van der Waals surface area contributed by atoms with Crippen LogP contribution in [0.5, 0.6) is 0 Å². The first kappa shape index (κ1) is 13.9. The molecule has 0 bridgehead atoms. The molecule has 1 aliphatic heterocycles. The summed E-state index contributed by atoms with van der Waals surface area (Å²) in [6, 6.07) is 7.86. The maximum atomic E-state index is 12.0. The van der Waals surface area contributed by atoms with Crippen LogP contribution in [0.4, 0.5) is 5.69 Å². The number of H-pyrrole nitrogens is 1. The number of hydrogen-bond donors (Lipinski definition) is 2. The summed E-state index contributed by atoms with van der Waals surface area (Å²) < 4.78 is 0. The molecular weight excluding hydrogens is 290 g/mol. The smallest absolute Gasteiger partial charge is 0.273 e. The molecule has 1 aromatic carbocycles. The van der Waals surface area contributed by atoms with Crippen molar-refractivity contribution < 1.29 is 4.79 Å². The van der Waals surface area contributed by atoms with Crippen molar-refractivity contribution in [1.29, 1.82) is 0 Å². The van der Waals surface area contributed by atoms with Gasteiger partial charge in [0.05, 0.1) is 16.9 Å². The van der Waals surface area contributed by atoms with Crippen LogP contribution in [0, 0.1) is 0 Å². The predicted molar refractivity (Wildman–Crippen MR) is 80.5 cm³/mol. The maximum Gasteiger partial charge on any atom is 0.273 e. The summed E-state index contributed by atoms with van der Waals surface area (Å²) in [6.07, 6.45) is 3.38. The Morgan fingerprint density at radius 2 is 2.29 bits per heavy atom. The van der Waals surface area contributed by atoms with Crippen molar-refractivity contribution in [1.82, 2.24) is 20.7 Å². The van der Waals surface area contributed by atoms with Crippen LogP contribution in [0.25, 0.3) is 0 Å². The predicted octanol–water partition coefficient (Wildman–Crippen LogP) is 1.86. The van der Waals surface area contributed by atoms with Gasteiger partial charge in [0, 0.05) is 19.1 Å². The molecule has 1 aliphatic rings. The minimum Gasteiger partial charge on any atom is -0.368 e. The van der Waals surface area contributed by atoms with E-state index in [0.717, 1.165) is 36.6 Å². The topological polar surface area (TPSA) is 73.9 Å². The van der Waals surface area contributed by atoms with Gasteiger partial charge >= 0.3 is 0 Å². The largest absolute Gasteiger partial charge is 0.368 e. The summed E-state index contributed by atoms with van der Waals surface area (Å²) >= 11 is 6.24. The molecule has 1 unspecified atom stereocenters. The van der Waals surface area contributed by atoms with Crippen LogP contribution in [-0.2, 0) is 0 Å². The molecule has 6 nitrogen and oxygen atoms in total. The van der Waals surface area contributed by atoms with E-state index in [1.807, 2.05) is 24.3 Å². The Morgan fingerprint density at radius 1 is 1.43 bits per heavy atom. The Labute approximate surface area is 127 Å². The number of rotatable bonds is 3. The average molecular weight is 306 g/mol. The van der Waals surface area contributed by atoms with Crippen molar-refractivity contribution in [2.75, 3.05) is 18.0 Å². The third-order valence-corrected chi connectivity index (χ3v) is 3.92. The fourth-order valence-electron chi connectivity index (χ4n) is 2.59. The molecule has 1 atom stereocenters. The SMILES string of the molecule is O=C(NC1CCCN(c2ccccc2Cl)C1)c1cn[nH]n1. The average Bonchev–Trinajstić information content (AvgIpc) is 3.02. The molecule has 1 saturated heterocycles. The van der Waals surface area contributed by atoms with E-state index in [4.69, 9.17) is 11.6 Å². The Balaban J connectivity index is 1.66. The van der Waals surface area contributed by atoms with Gasteiger partial charge in [-0.25, -0.2) is 0 Å². The van der Waals surface area contributed by atoms with Crippen molar-refractivity contribution in [2.45, 2.75) is 18.9 Å². The summed E-state index contributed by atoms with van der Waals surface area (Å²) in [5, 5.41) is 13.6. The van der Waals surface area contributed by atoms with Crippen LogP contribution in [-0.4, -0.2) is 40.4 Å². The Morgan fingerprint density at radius 3 is 3.05 bits per heavy atom. The lowest BCUT2D eigenvalue weighted by atomic mass is 10.0. The number of halogens is 1. The van der Waals surface area contributed by atoms with Gasteiger partial charge in [-0.3, -0.25) is 4.79 Å². The fraction of sp³-hybridized carbons (Fsp3) is 0.357. The van der Waals surface area contributed by atoms with Crippen molar-refractivity contribution in [2.24, 2.45) is 0 Å². The lowest BCUT2D eigenvalue weighted by Crippen LogP contribution is -2.48. The van der Waals surface area contributed by atoms with Gasteiger partial charge in [0.2, 0.25) is 0 Å². The number of nitrogens with zero attached hydrogens (tertiary/aromatic N) is 3. The second-order valence-electron chi connectivity index (χ2n) is 5.07. The molecule has 0 radical (unpaired) electrons. The highest BCUT2D eigenvalue weighted by atomic mass is 35.5. The van der Waals surface area contributed by atoms with E-state index >= 15 is 0 Å². The monoisotopic (exact) mass is 305 g/mol. The summed E-state index contributed by atoms with van der Waals surface area (Å²) in [6.45, 7) is 1.69.